The lowest BCUT2D eigenvalue weighted by molar-refractivity contribution is 0.151. The van der Waals surface area contributed by atoms with Crippen molar-refractivity contribution in [2.45, 2.75) is 38.8 Å². The highest BCUT2D eigenvalue weighted by molar-refractivity contribution is 5.86. The Kier molecular flexibility index (Phi) is 5.68. The molecule has 6 nitrogen and oxygen atoms in total. The van der Waals surface area contributed by atoms with Crippen LogP contribution < -0.4 is 15.1 Å². The molecule has 3 aromatic rings. The molecule has 0 bridgehead atoms. The summed E-state index contributed by atoms with van der Waals surface area (Å²) in [7, 11) is 3.13. The minimum absolute atomic E-state index is 0.151. The summed E-state index contributed by atoms with van der Waals surface area (Å²) < 4.78 is 16.5. The summed E-state index contributed by atoms with van der Waals surface area (Å²) in [4.78, 5) is 15.3. The number of nitrogens with zero attached hydrogens (tertiary/aromatic N) is 1. The molecule has 0 saturated carbocycles. The normalized spacial score (nSPS) is 17.2. The Bertz CT molecular complexity index is 1120. The van der Waals surface area contributed by atoms with Gasteiger partial charge in [0.1, 0.15) is 22.8 Å². The Hall–Kier alpha value is -2.99. The van der Waals surface area contributed by atoms with Crippen molar-refractivity contribution in [2.75, 3.05) is 20.8 Å². The summed E-state index contributed by atoms with van der Waals surface area (Å²) in [5.41, 5.74) is 1.67. The number of fused-ring (bicyclic) bond motifs is 1. The van der Waals surface area contributed by atoms with Crippen LogP contribution in [0.5, 0.6) is 17.2 Å². The molecule has 1 N–H and O–H groups in total. The van der Waals surface area contributed by atoms with E-state index in [9.17, 15) is 9.90 Å². The molecule has 2 heterocycles. The Balaban J connectivity index is 1.80. The molecule has 1 saturated heterocycles. The van der Waals surface area contributed by atoms with Crippen molar-refractivity contribution < 1.29 is 19.0 Å². The molecule has 158 valence electrons. The summed E-state index contributed by atoms with van der Waals surface area (Å²) in [6.07, 6.45) is 3.50. The van der Waals surface area contributed by atoms with E-state index in [2.05, 4.69) is 11.8 Å². The van der Waals surface area contributed by atoms with E-state index in [1.54, 1.807) is 50.6 Å². The van der Waals surface area contributed by atoms with Crippen molar-refractivity contribution in [3.05, 3.63) is 52.4 Å². The van der Waals surface area contributed by atoms with Crippen LogP contribution in [0.25, 0.3) is 22.1 Å². The van der Waals surface area contributed by atoms with Gasteiger partial charge in [0.05, 0.1) is 25.3 Å². The predicted octanol–water partition coefficient (Wildman–Crippen LogP) is 4.56. The van der Waals surface area contributed by atoms with Gasteiger partial charge in [0.2, 0.25) is 0 Å². The number of aromatic hydroxyl groups is 1. The van der Waals surface area contributed by atoms with Crippen LogP contribution in [0, 0.1) is 0 Å². The molecule has 1 aliphatic rings. The Morgan fingerprint density at radius 1 is 1.10 bits per heavy atom. The van der Waals surface area contributed by atoms with Gasteiger partial charge in [-0.3, -0.25) is 4.90 Å². The Morgan fingerprint density at radius 3 is 2.67 bits per heavy atom. The molecule has 2 aromatic carbocycles. The Labute approximate surface area is 175 Å². The molecular weight excluding hydrogens is 382 g/mol. The van der Waals surface area contributed by atoms with E-state index in [1.165, 1.54) is 6.42 Å². The molecule has 1 aromatic heterocycles. The van der Waals surface area contributed by atoms with Gasteiger partial charge in [0.25, 0.3) is 0 Å². The van der Waals surface area contributed by atoms with Crippen LogP contribution in [-0.2, 0) is 6.54 Å². The zero-order valence-corrected chi connectivity index (χ0v) is 17.6. The van der Waals surface area contributed by atoms with Crippen molar-refractivity contribution >= 4 is 11.0 Å². The fourth-order valence-electron chi connectivity index (χ4n) is 4.19. The van der Waals surface area contributed by atoms with Crippen LogP contribution in [-0.4, -0.2) is 36.8 Å². The lowest BCUT2D eigenvalue weighted by Gasteiger charge is -2.33. The molecule has 1 fully saturated rings. The van der Waals surface area contributed by atoms with Crippen LogP contribution in [0.1, 0.15) is 31.7 Å². The minimum atomic E-state index is -0.468. The number of ether oxygens (including phenoxy) is 2. The molecule has 30 heavy (non-hydrogen) atoms. The van der Waals surface area contributed by atoms with E-state index in [1.807, 2.05) is 0 Å². The first-order valence-corrected chi connectivity index (χ1v) is 10.3. The van der Waals surface area contributed by atoms with E-state index in [4.69, 9.17) is 13.9 Å². The number of hydrogen-bond donors (Lipinski definition) is 1. The maximum atomic E-state index is 12.9. The van der Waals surface area contributed by atoms with E-state index in [0.717, 1.165) is 24.8 Å². The first-order chi connectivity index (χ1) is 14.5. The van der Waals surface area contributed by atoms with Crippen molar-refractivity contribution in [3.8, 4) is 28.4 Å². The fourth-order valence-corrected chi connectivity index (χ4v) is 4.19. The predicted molar refractivity (Wildman–Crippen MR) is 116 cm³/mol. The van der Waals surface area contributed by atoms with Gasteiger partial charge in [0, 0.05) is 29.6 Å². The summed E-state index contributed by atoms with van der Waals surface area (Å²) in [6, 6.07) is 11.0. The highest BCUT2D eigenvalue weighted by Gasteiger charge is 2.22. The Morgan fingerprint density at radius 2 is 1.93 bits per heavy atom. The van der Waals surface area contributed by atoms with Crippen molar-refractivity contribution in [1.29, 1.82) is 0 Å². The lowest BCUT2D eigenvalue weighted by atomic mass is 10.0. The molecule has 6 heteroatoms. The second-order valence-electron chi connectivity index (χ2n) is 7.81. The van der Waals surface area contributed by atoms with Gasteiger partial charge in [-0.05, 0) is 56.6 Å². The van der Waals surface area contributed by atoms with Gasteiger partial charge < -0.3 is 19.0 Å². The third-order valence-corrected chi connectivity index (χ3v) is 5.98. The average molecular weight is 409 g/mol. The molecule has 0 radical (unpaired) electrons. The minimum Gasteiger partial charge on any atom is -0.507 e. The molecule has 1 aliphatic heterocycles. The summed E-state index contributed by atoms with van der Waals surface area (Å²) in [6.45, 7) is 3.73. The smallest absolute Gasteiger partial charge is 0.344 e. The number of benzene rings is 2. The quantitative estimate of drug-likeness (QED) is 0.623. The van der Waals surface area contributed by atoms with E-state index >= 15 is 0 Å². The fraction of sp³-hybridized carbons (Fsp3) is 0.375. The molecular formula is C24H27NO5. The number of phenols is 1. The SMILES string of the molecule is COc1ccc(-c2cc3ccc(O)c(CN4CCCC[C@H]4C)c3oc2=O)c(OC)c1. The number of phenolic OH excluding ortho intramolecular Hbond substituents is 1. The highest BCUT2D eigenvalue weighted by Crippen LogP contribution is 2.35. The van der Waals surface area contributed by atoms with Crippen LogP contribution in [0.15, 0.2) is 45.6 Å². The second kappa shape index (κ2) is 8.40. The molecule has 0 aliphatic carbocycles. The topological polar surface area (TPSA) is 72.1 Å². The van der Waals surface area contributed by atoms with Crippen molar-refractivity contribution in [2.24, 2.45) is 0 Å². The monoisotopic (exact) mass is 409 g/mol. The average Bonchev–Trinajstić information content (AvgIpc) is 2.76. The van der Waals surface area contributed by atoms with E-state index in [-0.39, 0.29) is 5.75 Å². The summed E-state index contributed by atoms with van der Waals surface area (Å²) >= 11 is 0. The van der Waals surface area contributed by atoms with Crippen LogP contribution in [0.2, 0.25) is 0 Å². The van der Waals surface area contributed by atoms with Crippen LogP contribution in [0.3, 0.4) is 0 Å². The first-order valence-electron chi connectivity index (χ1n) is 10.3. The maximum Gasteiger partial charge on any atom is 0.344 e. The highest BCUT2D eigenvalue weighted by atomic mass is 16.5. The third kappa shape index (κ3) is 3.75. The third-order valence-electron chi connectivity index (χ3n) is 5.98. The van der Waals surface area contributed by atoms with Crippen LogP contribution in [0.4, 0.5) is 0 Å². The van der Waals surface area contributed by atoms with Gasteiger partial charge in [-0.25, -0.2) is 4.79 Å². The van der Waals surface area contributed by atoms with Gasteiger partial charge in [-0.2, -0.15) is 0 Å². The molecule has 4 rings (SSSR count). The van der Waals surface area contributed by atoms with E-state index < -0.39 is 5.63 Å². The maximum absolute atomic E-state index is 12.9. The zero-order chi connectivity index (χ0) is 21.3. The van der Waals surface area contributed by atoms with Crippen molar-refractivity contribution in [3.63, 3.8) is 0 Å². The molecule has 1 atom stereocenters. The lowest BCUT2D eigenvalue weighted by Crippen LogP contribution is -2.36. The van der Waals surface area contributed by atoms with Gasteiger partial charge in [0.15, 0.2) is 0 Å². The second-order valence-corrected chi connectivity index (χ2v) is 7.81. The van der Waals surface area contributed by atoms with Gasteiger partial charge >= 0.3 is 5.63 Å². The number of methoxy groups -OCH3 is 2. The van der Waals surface area contributed by atoms with Gasteiger partial charge in [-0.1, -0.05) is 6.42 Å². The number of hydrogen-bond acceptors (Lipinski definition) is 6. The largest absolute Gasteiger partial charge is 0.507 e. The first kappa shape index (κ1) is 20.3. The molecule has 0 spiro atoms. The standard InChI is InChI=1S/C24H27NO5/c1-15-6-4-5-11-25(15)14-20-21(26)10-7-16-12-19(24(27)30-23(16)20)18-9-8-17(28-2)13-22(18)29-3/h7-10,12-13,15,26H,4-6,11,14H2,1-3H3/t15-/m1/s1. The zero-order valence-electron chi connectivity index (χ0n) is 17.6. The molecule has 0 amide bonds. The van der Waals surface area contributed by atoms with E-state index in [0.29, 0.717) is 46.4 Å². The summed E-state index contributed by atoms with van der Waals surface area (Å²) in [5, 5.41) is 11.3. The number of piperidine rings is 1. The number of likely N-dealkylation sites (tertiary alicyclic amines) is 1. The summed E-state index contributed by atoms with van der Waals surface area (Å²) in [5.74, 6) is 1.32. The molecule has 0 unspecified atom stereocenters. The van der Waals surface area contributed by atoms with Crippen molar-refractivity contribution in [1.82, 2.24) is 4.90 Å². The van der Waals surface area contributed by atoms with Gasteiger partial charge in [-0.15, -0.1) is 0 Å². The van der Waals surface area contributed by atoms with Crippen LogP contribution >= 0.6 is 0 Å². The number of rotatable bonds is 5.